The van der Waals surface area contributed by atoms with E-state index in [0.717, 1.165) is 17.4 Å². The second-order valence-corrected chi connectivity index (χ2v) is 5.45. The monoisotopic (exact) mass is 282 g/mol. The van der Waals surface area contributed by atoms with Crippen LogP contribution < -0.4 is 0 Å². The largest absolute Gasteiger partial charge is 0.336 e. The number of nitrogens with zero attached hydrogens (tertiary/aromatic N) is 2. The summed E-state index contributed by atoms with van der Waals surface area (Å²) in [6, 6.07) is 2.16. The Morgan fingerprint density at radius 2 is 2.25 bits per heavy atom. The molecule has 1 aliphatic rings. The number of hydrogen-bond acceptors (Lipinski definition) is 2. The first-order chi connectivity index (χ1) is 7.58. The number of aromatic nitrogens is 1. The summed E-state index contributed by atoms with van der Waals surface area (Å²) < 4.78 is 0.846. The van der Waals surface area contributed by atoms with Crippen molar-refractivity contribution in [3.8, 4) is 0 Å². The number of halogens is 1. The molecular formula is C12H15BrN2O. The van der Waals surface area contributed by atoms with Gasteiger partial charge >= 0.3 is 0 Å². The standard InChI is InChI=1S/C12H15BrN2O/c1-8-3-9(2)15(7-8)12(16)10-4-11(13)6-14-5-10/h4-6,8-9H,3,7H2,1-2H3. The summed E-state index contributed by atoms with van der Waals surface area (Å²) in [6.07, 6.45) is 4.41. The molecule has 0 saturated carbocycles. The van der Waals surface area contributed by atoms with E-state index in [9.17, 15) is 4.79 Å². The lowest BCUT2D eigenvalue weighted by Gasteiger charge is -2.21. The zero-order chi connectivity index (χ0) is 11.7. The lowest BCUT2D eigenvalue weighted by Crippen LogP contribution is -2.34. The molecule has 0 aromatic carbocycles. The van der Waals surface area contributed by atoms with Gasteiger partial charge in [0.15, 0.2) is 0 Å². The Morgan fingerprint density at radius 3 is 2.81 bits per heavy atom. The van der Waals surface area contributed by atoms with Gasteiger partial charge in [0.05, 0.1) is 5.56 Å². The first-order valence-corrected chi connectivity index (χ1v) is 6.28. The summed E-state index contributed by atoms with van der Waals surface area (Å²) in [6.45, 7) is 5.14. The molecule has 1 saturated heterocycles. The predicted octanol–water partition coefficient (Wildman–Crippen LogP) is 2.71. The lowest BCUT2D eigenvalue weighted by molar-refractivity contribution is 0.0743. The van der Waals surface area contributed by atoms with Crippen LogP contribution in [0.2, 0.25) is 0 Å². The fourth-order valence-corrected chi connectivity index (χ4v) is 2.64. The molecule has 4 heteroatoms. The van der Waals surface area contributed by atoms with Crippen LogP contribution in [0, 0.1) is 5.92 Å². The van der Waals surface area contributed by atoms with Gasteiger partial charge in [-0.2, -0.15) is 0 Å². The summed E-state index contributed by atoms with van der Waals surface area (Å²) in [5.74, 6) is 0.685. The lowest BCUT2D eigenvalue weighted by atomic mass is 10.1. The van der Waals surface area contributed by atoms with Gasteiger partial charge in [-0.05, 0) is 41.3 Å². The second-order valence-electron chi connectivity index (χ2n) is 4.54. The van der Waals surface area contributed by atoms with Gasteiger partial charge < -0.3 is 4.90 Å². The van der Waals surface area contributed by atoms with E-state index in [1.807, 2.05) is 11.0 Å². The third-order valence-corrected chi connectivity index (χ3v) is 3.43. The molecule has 3 nitrogen and oxygen atoms in total. The SMILES string of the molecule is CC1CC(C)N(C(=O)c2cncc(Br)c2)C1. The summed E-state index contributed by atoms with van der Waals surface area (Å²) >= 11 is 3.33. The van der Waals surface area contributed by atoms with E-state index in [1.165, 1.54) is 0 Å². The highest BCUT2D eigenvalue weighted by Crippen LogP contribution is 2.24. The Kier molecular flexibility index (Phi) is 3.28. The Bertz CT molecular complexity index is 408. The minimum atomic E-state index is 0.0886. The smallest absolute Gasteiger partial charge is 0.255 e. The highest BCUT2D eigenvalue weighted by atomic mass is 79.9. The Morgan fingerprint density at radius 1 is 1.50 bits per heavy atom. The molecule has 2 rings (SSSR count). The van der Waals surface area contributed by atoms with E-state index in [1.54, 1.807) is 12.4 Å². The molecule has 1 aliphatic heterocycles. The van der Waals surface area contributed by atoms with Crippen molar-refractivity contribution in [3.63, 3.8) is 0 Å². The third kappa shape index (κ3) is 2.26. The van der Waals surface area contributed by atoms with Gasteiger partial charge in [0.2, 0.25) is 0 Å². The van der Waals surface area contributed by atoms with Crippen LogP contribution in [-0.4, -0.2) is 28.4 Å². The van der Waals surface area contributed by atoms with Crippen LogP contribution in [0.4, 0.5) is 0 Å². The van der Waals surface area contributed by atoms with Crippen LogP contribution in [0.15, 0.2) is 22.9 Å². The molecule has 1 amide bonds. The maximum absolute atomic E-state index is 12.2. The predicted molar refractivity (Wildman–Crippen MR) is 66.2 cm³/mol. The summed E-state index contributed by atoms with van der Waals surface area (Å²) in [5, 5.41) is 0. The highest BCUT2D eigenvalue weighted by molar-refractivity contribution is 9.10. The normalized spacial score (nSPS) is 24.8. The molecule has 1 fully saturated rings. The highest BCUT2D eigenvalue weighted by Gasteiger charge is 2.30. The number of rotatable bonds is 1. The minimum Gasteiger partial charge on any atom is -0.336 e. The van der Waals surface area contributed by atoms with Crippen molar-refractivity contribution >= 4 is 21.8 Å². The van der Waals surface area contributed by atoms with E-state index in [4.69, 9.17) is 0 Å². The van der Waals surface area contributed by atoms with Gasteiger partial charge in [-0.3, -0.25) is 9.78 Å². The fourth-order valence-electron chi connectivity index (χ4n) is 2.28. The molecule has 2 heterocycles. The molecule has 0 N–H and O–H groups in total. The molecule has 0 spiro atoms. The van der Waals surface area contributed by atoms with Gasteiger partial charge in [0, 0.05) is 29.5 Å². The van der Waals surface area contributed by atoms with Crippen LogP contribution in [0.25, 0.3) is 0 Å². The molecule has 2 unspecified atom stereocenters. The van der Waals surface area contributed by atoms with E-state index >= 15 is 0 Å². The first-order valence-electron chi connectivity index (χ1n) is 5.49. The van der Waals surface area contributed by atoms with Crippen LogP contribution in [0.1, 0.15) is 30.6 Å². The van der Waals surface area contributed by atoms with Crippen molar-refractivity contribution in [2.75, 3.05) is 6.54 Å². The average Bonchev–Trinajstić information content (AvgIpc) is 2.57. The van der Waals surface area contributed by atoms with Crippen LogP contribution >= 0.6 is 15.9 Å². The summed E-state index contributed by atoms with van der Waals surface area (Å²) in [5.41, 5.74) is 0.662. The van der Waals surface area contributed by atoms with Gasteiger partial charge in [0.25, 0.3) is 5.91 Å². The van der Waals surface area contributed by atoms with E-state index in [0.29, 0.717) is 17.5 Å². The first kappa shape index (κ1) is 11.6. The molecule has 16 heavy (non-hydrogen) atoms. The Labute approximate surface area is 104 Å². The van der Waals surface area contributed by atoms with E-state index in [2.05, 4.69) is 34.8 Å². The van der Waals surface area contributed by atoms with Crippen molar-refractivity contribution in [1.29, 1.82) is 0 Å². The topological polar surface area (TPSA) is 33.2 Å². The number of hydrogen-bond donors (Lipinski definition) is 0. The third-order valence-electron chi connectivity index (χ3n) is 3.00. The molecule has 86 valence electrons. The zero-order valence-electron chi connectivity index (χ0n) is 9.48. The van der Waals surface area contributed by atoms with Gasteiger partial charge in [-0.15, -0.1) is 0 Å². The van der Waals surface area contributed by atoms with Crippen molar-refractivity contribution in [2.45, 2.75) is 26.3 Å². The number of amides is 1. The van der Waals surface area contributed by atoms with Gasteiger partial charge in [-0.25, -0.2) is 0 Å². The van der Waals surface area contributed by atoms with Crippen LogP contribution in [0.3, 0.4) is 0 Å². The summed E-state index contributed by atoms with van der Waals surface area (Å²) in [4.78, 5) is 18.2. The fraction of sp³-hybridized carbons (Fsp3) is 0.500. The number of pyridine rings is 1. The quantitative estimate of drug-likeness (QED) is 0.794. The van der Waals surface area contributed by atoms with Gasteiger partial charge in [-0.1, -0.05) is 6.92 Å². The van der Waals surface area contributed by atoms with Crippen LogP contribution in [0.5, 0.6) is 0 Å². The van der Waals surface area contributed by atoms with Crippen molar-refractivity contribution in [3.05, 3.63) is 28.5 Å². The molecule has 2 atom stereocenters. The number of carbonyl (C=O) groups is 1. The molecule has 0 radical (unpaired) electrons. The molecule has 0 aliphatic carbocycles. The van der Waals surface area contributed by atoms with E-state index < -0.39 is 0 Å². The minimum absolute atomic E-state index is 0.0886. The molecular weight excluding hydrogens is 268 g/mol. The Balaban J connectivity index is 2.19. The second kappa shape index (κ2) is 4.53. The van der Waals surface area contributed by atoms with Crippen molar-refractivity contribution in [2.24, 2.45) is 5.92 Å². The van der Waals surface area contributed by atoms with Crippen molar-refractivity contribution < 1.29 is 4.79 Å². The molecule has 0 bridgehead atoms. The molecule has 1 aromatic heterocycles. The maximum Gasteiger partial charge on any atom is 0.255 e. The average molecular weight is 283 g/mol. The zero-order valence-corrected chi connectivity index (χ0v) is 11.1. The van der Waals surface area contributed by atoms with Crippen LogP contribution in [-0.2, 0) is 0 Å². The summed E-state index contributed by atoms with van der Waals surface area (Å²) in [7, 11) is 0. The molecule has 1 aromatic rings. The number of carbonyl (C=O) groups excluding carboxylic acids is 1. The van der Waals surface area contributed by atoms with Crippen molar-refractivity contribution in [1.82, 2.24) is 9.88 Å². The Hall–Kier alpha value is -0.900. The number of likely N-dealkylation sites (tertiary alicyclic amines) is 1. The van der Waals surface area contributed by atoms with Gasteiger partial charge in [0.1, 0.15) is 0 Å². The van der Waals surface area contributed by atoms with E-state index in [-0.39, 0.29) is 5.91 Å². The maximum atomic E-state index is 12.2.